The van der Waals surface area contributed by atoms with Crippen molar-refractivity contribution in [1.82, 2.24) is 15.0 Å². The minimum absolute atomic E-state index is 0.146. The van der Waals surface area contributed by atoms with Crippen molar-refractivity contribution in [2.24, 2.45) is 5.73 Å². The van der Waals surface area contributed by atoms with Crippen LogP contribution in [-0.4, -0.2) is 41.8 Å². The lowest BCUT2D eigenvalue weighted by Gasteiger charge is -2.24. The highest BCUT2D eigenvalue weighted by Crippen LogP contribution is 2.40. The first-order valence-electron chi connectivity index (χ1n) is 10.3. The van der Waals surface area contributed by atoms with Crippen LogP contribution in [0.5, 0.6) is 17.2 Å². The molecule has 9 heteroatoms. The van der Waals surface area contributed by atoms with E-state index < -0.39 is 0 Å². The van der Waals surface area contributed by atoms with Crippen LogP contribution >= 0.6 is 11.3 Å². The quantitative estimate of drug-likeness (QED) is 0.460. The minimum atomic E-state index is 0.146. The molecule has 164 valence electrons. The SMILES string of the molecule is COc1ccc2c(c1)CC(c1nc3c(OCCN)cc(-c4ccnc(N)n4)cc3s1)CO2. The Morgan fingerprint density at radius 1 is 1.19 bits per heavy atom. The molecule has 32 heavy (non-hydrogen) atoms. The first-order chi connectivity index (χ1) is 15.6. The predicted molar refractivity (Wildman–Crippen MR) is 125 cm³/mol. The lowest BCUT2D eigenvalue weighted by molar-refractivity contribution is 0.261. The Morgan fingerprint density at radius 3 is 2.91 bits per heavy atom. The van der Waals surface area contributed by atoms with E-state index in [9.17, 15) is 0 Å². The van der Waals surface area contributed by atoms with Gasteiger partial charge in [-0.1, -0.05) is 0 Å². The summed E-state index contributed by atoms with van der Waals surface area (Å²) >= 11 is 1.64. The van der Waals surface area contributed by atoms with Gasteiger partial charge in [-0.25, -0.2) is 15.0 Å². The van der Waals surface area contributed by atoms with Crippen molar-refractivity contribution < 1.29 is 14.2 Å². The van der Waals surface area contributed by atoms with Crippen molar-refractivity contribution in [3.63, 3.8) is 0 Å². The standard InChI is InChI=1S/C23H23N5O3S/c1-29-16-2-3-18-14(9-16)8-15(12-31-18)22-28-21-19(30-7-5-24)10-13(11-20(21)32-22)17-4-6-26-23(25)27-17/h2-4,6,9-11,15H,5,7-8,12,24H2,1H3,(H2,25,26,27). The number of hydrogen-bond acceptors (Lipinski definition) is 9. The molecule has 2 aromatic carbocycles. The fourth-order valence-electron chi connectivity index (χ4n) is 3.81. The molecule has 8 nitrogen and oxygen atoms in total. The van der Waals surface area contributed by atoms with Gasteiger partial charge in [-0.2, -0.15) is 0 Å². The van der Waals surface area contributed by atoms with Gasteiger partial charge in [0.25, 0.3) is 0 Å². The molecule has 5 rings (SSSR count). The largest absolute Gasteiger partial charge is 0.497 e. The number of ether oxygens (including phenoxy) is 3. The Labute approximate surface area is 189 Å². The Hall–Kier alpha value is -3.43. The number of nitrogen functional groups attached to an aromatic ring is 1. The predicted octanol–water partition coefficient (Wildman–Crippen LogP) is 3.40. The number of aromatic nitrogens is 3. The van der Waals surface area contributed by atoms with Crippen LogP contribution in [0.1, 0.15) is 16.5 Å². The van der Waals surface area contributed by atoms with E-state index in [1.807, 2.05) is 30.3 Å². The molecule has 0 amide bonds. The third-order valence-electron chi connectivity index (χ3n) is 5.35. The highest BCUT2D eigenvalue weighted by atomic mass is 32.1. The summed E-state index contributed by atoms with van der Waals surface area (Å²) in [6, 6.07) is 11.7. The maximum Gasteiger partial charge on any atom is 0.220 e. The second kappa shape index (κ2) is 8.60. The van der Waals surface area contributed by atoms with Gasteiger partial charge in [-0.15, -0.1) is 11.3 Å². The molecule has 1 unspecified atom stereocenters. The molecule has 0 saturated carbocycles. The van der Waals surface area contributed by atoms with Crippen molar-refractivity contribution in [2.45, 2.75) is 12.3 Å². The zero-order chi connectivity index (χ0) is 22.1. The topological polar surface area (TPSA) is 118 Å². The smallest absolute Gasteiger partial charge is 0.220 e. The van der Waals surface area contributed by atoms with Crippen LogP contribution in [-0.2, 0) is 6.42 Å². The number of anilines is 1. The van der Waals surface area contributed by atoms with E-state index in [1.165, 1.54) is 0 Å². The van der Waals surface area contributed by atoms with Crippen LogP contribution in [0.2, 0.25) is 0 Å². The highest BCUT2D eigenvalue weighted by molar-refractivity contribution is 7.18. The molecule has 4 N–H and O–H groups in total. The fraction of sp³-hybridized carbons (Fsp3) is 0.261. The van der Waals surface area contributed by atoms with Gasteiger partial charge < -0.3 is 25.7 Å². The zero-order valence-corrected chi connectivity index (χ0v) is 18.4. The Balaban J connectivity index is 1.53. The van der Waals surface area contributed by atoms with E-state index in [0.29, 0.717) is 25.5 Å². The third kappa shape index (κ3) is 3.92. The van der Waals surface area contributed by atoms with Crippen LogP contribution in [0, 0.1) is 0 Å². The summed E-state index contributed by atoms with van der Waals surface area (Å²) in [6.45, 7) is 1.39. The lowest BCUT2D eigenvalue weighted by Crippen LogP contribution is -2.19. The molecule has 4 aromatic rings. The van der Waals surface area contributed by atoms with E-state index in [0.717, 1.165) is 50.0 Å². The second-order valence-corrected chi connectivity index (χ2v) is 8.56. The molecule has 0 spiro atoms. The molecule has 0 saturated heterocycles. The number of nitrogens with zero attached hydrogens (tertiary/aromatic N) is 3. The molecule has 1 aliphatic rings. The summed E-state index contributed by atoms with van der Waals surface area (Å²) in [5, 5.41) is 1.01. The van der Waals surface area contributed by atoms with E-state index in [4.69, 9.17) is 30.7 Å². The van der Waals surface area contributed by atoms with Crippen LogP contribution in [0.25, 0.3) is 21.5 Å². The maximum atomic E-state index is 6.02. The average molecular weight is 450 g/mol. The van der Waals surface area contributed by atoms with E-state index in [2.05, 4.69) is 16.0 Å². The summed E-state index contributed by atoms with van der Waals surface area (Å²) in [5.41, 5.74) is 15.0. The number of hydrogen-bond donors (Lipinski definition) is 2. The van der Waals surface area contributed by atoms with Crippen LogP contribution in [0.4, 0.5) is 5.95 Å². The number of methoxy groups -OCH3 is 1. The van der Waals surface area contributed by atoms with Crippen LogP contribution in [0.15, 0.2) is 42.6 Å². The molecule has 0 fully saturated rings. The van der Waals surface area contributed by atoms with Gasteiger partial charge >= 0.3 is 0 Å². The Kier molecular flexibility index (Phi) is 5.50. The van der Waals surface area contributed by atoms with E-state index in [1.54, 1.807) is 24.6 Å². The summed E-state index contributed by atoms with van der Waals surface area (Å²) in [5.74, 6) is 2.78. The number of benzene rings is 2. The first kappa shape index (κ1) is 20.5. The summed E-state index contributed by atoms with van der Waals surface area (Å²) in [7, 11) is 1.67. The van der Waals surface area contributed by atoms with Gasteiger partial charge in [-0.3, -0.25) is 0 Å². The van der Waals surface area contributed by atoms with Crippen LogP contribution in [0.3, 0.4) is 0 Å². The molecular formula is C23H23N5O3S. The molecule has 1 aliphatic heterocycles. The van der Waals surface area contributed by atoms with Gasteiger partial charge in [0, 0.05) is 24.2 Å². The first-order valence-corrected chi connectivity index (χ1v) is 11.1. The third-order valence-corrected chi connectivity index (χ3v) is 6.51. The molecule has 0 radical (unpaired) electrons. The van der Waals surface area contributed by atoms with Crippen molar-refractivity contribution in [3.05, 3.63) is 53.2 Å². The highest BCUT2D eigenvalue weighted by Gasteiger charge is 2.26. The second-order valence-electron chi connectivity index (χ2n) is 7.50. The molecule has 2 aromatic heterocycles. The zero-order valence-electron chi connectivity index (χ0n) is 17.6. The number of fused-ring (bicyclic) bond motifs is 2. The van der Waals surface area contributed by atoms with Gasteiger partial charge in [0.15, 0.2) is 0 Å². The van der Waals surface area contributed by atoms with Crippen molar-refractivity contribution in [1.29, 1.82) is 0 Å². The molecule has 1 atom stereocenters. The van der Waals surface area contributed by atoms with Crippen molar-refractivity contribution >= 4 is 27.5 Å². The van der Waals surface area contributed by atoms with Gasteiger partial charge in [0.05, 0.1) is 24.1 Å². The monoisotopic (exact) mass is 449 g/mol. The minimum Gasteiger partial charge on any atom is -0.497 e. The van der Waals surface area contributed by atoms with E-state index >= 15 is 0 Å². The van der Waals surface area contributed by atoms with Crippen molar-refractivity contribution in [3.8, 4) is 28.5 Å². The normalized spacial score (nSPS) is 15.2. The Morgan fingerprint density at radius 2 is 2.09 bits per heavy atom. The number of nitrogens with two attached hydrogens (primary N) is 2. The van der Waals surface area contributed by atoms with Crippen LogP contribution < -0.4 is 25.7 Å². The summed E-state index contributed by atoms with van der Waals surface area (Å²) in [6.07, 6.45) is 2.48. The summed E-state index contributed by atoms with van der Waals surface area (Å²) < 4.78 is 18.3. The molecule has 0 bridgehead atoms. The van der Waals surface area contributed by atoms with Gasteiger partial charge in [-0.05, 0) is 48.4 Å². The van der Waals surface area contributed by atoms with Gasteiger partial charge in [0.2, 0.25) is 5.95 Å². The average Bonchev–Trinajstić information content (AvgIpc) is 3.26. The maximum absolute atomic E-state index is 6.02. The molecular weight excluding hydrogens is 426 g/mol. The molecule has 0 aliphatic carbocycles. The van der Waals surface area contributed by atoms with Gasteiger partial charge in [0.1, 0.15) is 34.4 Å². The number of rotatable bonds is 6. The fourth-order valence-corrected chi connectivity index (χ4v) is 4.92. The van der Waals surface area contributed by atoms with E-state index in [-0.39, 0.29) is 11.9 Å². The number of thiazole rings is 1. The summed E-state index contributed by atoms with van der Waals surface area (Å²) in [4.78, 5) is 13.3. The lowest BCUT2D eigenvalue weighted by atomic mass is 9.97. The molecule has 3 heterocycles. The van der Waals surface area contributed by atoms with Crippen molar-refractivity contribution in [2.75, 3.05) is 32.6 Å². The Bertz CT molecular complexity index is 1280.